The molecule has 0 aromatic rings. The second-order valence-corrected chi connectivity index (χ2v) is 8.21. The van der Waals surface area contributed by atoms with E-state index < -0.39 is 5.97 Å². The molecule has 0 spiro atoms. The fourth-order valence-corrected chi connectivity index (χ4v) is 5.08. The van der Waals surface area contributed by atoms with Crippen molar-refractivity contribution in [3.63, 3.8) is 0 Å². The van der Waals surface area contributed by atoms with Crippen molar-refractivity contribution in [3.8, 4) is 0 Å². The molecule has 0 radical (unpaired) electrons. The fraction of sp³-hybridized carbons (Fsp3) is 0.750. The maximum atomic E-state index is 10.8. The summed E-state index contributed by atoms with van der Waals surface area (Å²) in [6.45, 7) is 11.6. The Balaban J connectivity index is 2.22. The zero-order chi connectivity index (χ0) is 16.5. The number of fused-ring (bicyclic) bond motifs is 1. The molecule has 1 saturated carbocycles. The molecule has 0 saturated heterocycles. The van der Waals surface area contributed by atoms with Crippen molar-refractivity contribution in [2.45, 2.75) is 73.1 Å². The van der Waals surface area contributed by atoms with Gasteiger partial charge < -0.3 is 5.11 Å². The minimum atomic E-state index is -0.819. The first-order valence-corrected chi connectivity index (χ1v) is 8.77. The van der Waals surface area contributed by atoms with E-state index in [0.29, 0.717) is 16.7 Å². The molecular weight excluding hydrogens is 272 g/mol. The lowest BCUT2D eigenvalue weighted by molar-refractivity contribution is -0.131. The van der Waals surface area contributed by atoms with Crippen molar-refractivity contribution in [1.82, 2.24) is 0 Å². The van der Waals surface area contributed by atoms with Crippen LogP contribution in [-0.4, -0.2) is 11.1 Å². The predicted octanol–water partition coefficient (Wildman–Crippen LogP) is 5.60. The molecule has 2 heteroatoms. The highest BCUT2D eigenvalue weighted by atomic mass is 16.4. The summed E-state index contributed by atoms with van der Waals surface area (Å²) >= 11 is 0. The molecule has 2 rings (SSSR count). The molecular formula is C20H32O2. The Hall–Kier alpha value is -1.05. The molecule has 0 heterocycles. The quantitative estimate of drug-likeness (QED) is 0.542. The first-order chi connectivity index (χ1) is 10.2. The number of hydrogen-bond donors (Lipinski definition) is 1. The van der Waals surface area contributed by atoms with Gasteiger partial charge >= 0.3 is 5.97 Å². The molecule has 1 fully saturated rings. The minimum absolute atomic E-state index is 0.316. The summed E-state index contributed by atoms with van der Waals surface area (Å²) in [5.41, 5.74) is 3.25. The number of carbonyl (C=O) groups is 1. The number of carboxylic acid groups (broad SMARTS) is 1. The van der Waals surface area contributed by atoms with E-state index in [9.17, 15) is 4.79 Å². The van der Waals surface area contributed by atoms with Crippen LogP contribution in [0.25, 0.3) is 0 Å². The molecule has 0 amide bonds. The summed E-state index contributed by atoms with van der Waals surface area (Å²) < 4.78 is 0. The maximum absolute atomic E-state index is 10.8. The molecule has 4 atom stereocenters. The highest BCUT2D eigenvalue weighted by Crippen LogP contribution is 2.61. The van der Waals surface area contributed by atoms with Crippen LogP contribution in [0, 0.1) is 22.7 Å². The molecule has 2 nitrogen and oxygen atoms in total. The van der Waals surface area contributed by atoms with Gasteiger partial charge in [-0.2, -0.15) is 0 Å². The topological polar surface area (TPSA) is 37.3 Å². The molecule has 0 aromatic heterocycles. The third kappa shape index (κ3) is 3.02. The van der Waals surface area contributed by atoms with Crippen LogP contribution in [0.2, 0.25) is 0 Å². The normalized spacial score (nSPS) is 39.1. The van der Waals surface area contributed by atoms with Gasteiger partial charge in [0.2, 0.25) is 0 Å². The van der Waals surface area contributed by atoms with E-state index in [2.05, 4.69) is 33.8 Å². The van der Waals surface area contributed by atoms with Gasteiger partial charge in [0.15, 0.2) is 0 Å². The molecule has 1 N–H and O–H groups in total. The Kier molecular flexibility index (Phi) is 4.89. The van der Waals surface area contributed by atoms with Gasteiger partial charge in [-0.05, 0) is 75.0 Å². The molecule has 0 aliphatic heterocycles. The fourth-order valence-electron chi connectivity index (χ4n) is 5.08. The molecule has 0 unspecified atom stereocenters. The Morgan fingerprint density at radius 1 is 1.41 bits per heavy atom. The van der Waals surface area contributed by atoms with Crippen LogP contribution in [-0.2, 0) is 4.79 Å². The van der Waals surface area contributed by atoms with Crippen LogP contribution in [0.3, 0.4) is 0 Å². The van der Waals surface area contributed by atoms with Crippen molar-refractivity contribution >= 4 is 5.97 Å². The smallest absolute Gasteiger partial charge is 0.328 e. The number of allylic oxidation sites excluding steroid dienone is 3. The van der Waals surface area contributed by atoms with Crippen LogP contribution in [0.5, 0.6) is 0 Å². The second-order valence-electron chi connectivity index (χ2n) is 8.21. The van der Waals surface area contributed by atoms with Gasteiger partial charge in [0.1, 0.15) is 0 Å². The molecule has 2 aliphatic carbocycles. The lowest BCUT2D eigenvalue weighted by Gasteiger charge is -2.58. The first kappa shape index (κ1) is 17.3. The van der Waals surface area contributed by atoms with E-state index in [4.69, 9.17) is 5.11 Å². The van der Waals surface area contributed by atoms with Crippen molar-refractivity contribution in [1.29, 1.82) is 0 Å². The summed E-state index contributed by atoms with van der Waals surface area (Å²) in [5.74, 6) is 0.626. The highest BCUT2D eigenvalue weighted by Gasteiger charge is 2.52. The van der Waals surface area contributed by atoms with Gasteiger partial charge in [-0.1, -0.05) is 38.0 Å². The van der Waals surface area contributed by atoms with Crippen molar-refractivity contribution in [2.75, 3.05) is 0 Å². The Labute approximate surface area is 135 Å². The van der Waals surface area contributed by atoms with Crippen LogP contribution in [0.15, 0.2) is 23.3 Å². The Bertz CT molecular complexity index is 502. The van der Waals surface area contributed by atoms with E-state index in [0.717, 1.165) is 24.3 Å². The number of carboxylic acids is 1. The zero-order valence-corrected chi connectivity index (χ0v) is 14.9. The van der Waals surface area contributed by atoms with Gasteiger partial charge in [0.25, 0.3) is 0 Å². The van der Waals surface area contributed by atoms with Crippen LogP contribution in [0.1, 0.15) is 73.1 Å². The summed E-state index contributed by atoms with van der Waals surface area (Å²) in [6.07, 6.45) is 10.9. The molecule has 22 heavy (non-hydrogen) atoms. The predicted molar refractivity (Wildman–Crippen MR) is 91.7 cm³/mol. The summed E-state index contributed by atoms with van der Waals surface area (Å²) in [6, 6.07) is 0. The number of hydrogen-bond acceptors (Lipinski definition) is 1. The van der Waals surface area contributed by atoms with E-state index in [1.807, 2.05) is 6.92 Å². The third-order valence-electron chi connectivity index (χ3n) is 7.02. The van der Waals surface area contributed by atoms with Crippen molar-refractivity contribution in [3.05, 3.63) is 23.3 Å². The van der Waals surface area contributed by atoms with Crippen LogP contribution in [0.4, 0.5) is 0 Å². The average Bonchev–Trinajstić information content (AvgIpc) is 2.43. The van der Waals surface area contributed by atoms with Gasteiger partial charge in [0, 0.05) is 6.08 Å². The van der Waals surface area contributed by atoms with Gasteiger partial charge in [-0.3, -0.25) is 0 Å². The van der Waals surface area contributed by atoms with E-state index in [-0.39, 0.29) is 0 Å². The molecule has 0 aromatic carbocycles. The number of aliphatic carboxylic acids is 1. The van der Waals surface area contributed by atoms with Gasteiger partial charge in [0.05, 0.1) is 0 Å². The Morgan fingerprint density at radius 2 is 2.09 bits per heavy atom. The molecule has 124 valence electrons. The summed E-state index contributed by atoms with van der Waals surface area (Å²) in [5, 5.41) is 8.92. The van der Waals surface area contributed by atoms with Crippen molar-refractivity contribution < 1.29 is 9.90 Å². The van der Waals surface area contributed by atoms with Crippen LogP contribution >= 0.6 is 0 Å². The molecule has 0 bridgehead atoms. The first-order valence-electron chi connectivity index (χ1n) is 8.77. The maximum Gasteiger partial charge on any atom is 0.328 e. The van der Waals surface area contributed by atoms with E-state index in [1.165, 1.54) is 31.8 Å². The second kappa shape index (κ2) is 6.22. The number of rotatable bonds is 4. The average molecular weight is 304 g/mol. The van der Waals surface area contributed by atoms with E-state index in [1.54, 1.807) is 5.57 Å². The SMILES string of the molecule is CC1=CCC[C@@H]2[C@@](C)(CC/C(C)=C\C(=O)O)[C@@H](C)CC[C@@]12C. The molecule has 2 aliphatic rings. The standard InChI is InChI=1S/C20H32O2/c1-14(13-18(21)22)9-11-19(4)16(3)10-12-20(5)15(2)7-6-8-17(19)20/h7,13,16-17H,6,8-12H2,1-5H3,(H,21,22)/b14-13-/t16-,17+,19-,20-/m0/s1. The summed E-state index contributed by atoms with van der Waals surface area (Å²) in [7, 11) is 0. The van der Waals surface area contributed by atoms with Gasteiger partial charge in [-0.15, -0.1) is 0 Å². The monoisotopic (exact) mass is 304 g/mol. The lowest BCUT2D eigenvalue weighted by Crippen LogP contribution is -2.49. The van der Waals surface area contributed by atoms with Crippen LogP contribution < -0.4 is 0 Å². The van der Waals surface area contributed by atoms with Gasteiger partial charge in [-0.25, -0.2) is 4.79 Å². The summed E-state index contributed by atoms with van der Waals surface area (Å²) in [4.78, 5) is 10.8. The lowest BCUT2D eigenvalue weighted by atomic mass is 9.47. The largest absolute Gasteiger partial charge is 0.478 e. The zero-order valence-electron chi connectivity index (χ0n) is 14.9. The van der Waals surface area contributed by atoms with E-state index >= 15 is 0 Å². The minimum Gasteiger partial charge on any atom is -0.478 e. The third-order valence-corrected chi connectivity index (χ3v) is 7.02. The van der Waals surface area contributed by atoms with Crippen molar-refractivity contribution in [2.24, 2.45) is 22.7 Å². The Morgan fingerprint density at radius 3 is 2.73 bits per heavy atom. The highest BCUT2D eigenvalue weighted by molar-refractivity contribution is 5.80.